The summed E-state index contributed by atoms with van der Waals surface area (Å²) in [5.74, 6) is 0. The lowest BCUT2D eigenvalue weighted by molar-refractivity contribution is -0.0615. The molecule has 62 valence electrons. The molecule has 0 aromatic rings. The van der Waals surface area contributed by atoms with Gasteiger partial charge in [0.2, 0.25) is 0 Å². The van der Waals surface area contributed by atoms with E-state index in [1.165, 1.54) is 0 Å². The quantitative estimate of drug-likeness (QED) is 0.554. The second-order valence-electron chi connectivity index (χ2n) is 2.41. The molecular weight excluding hydrogens is 152 g/mol. The minimum Gasteiger partial charge on any atom is -0.379 e. The van der Waals surface area contributed by atoms with E-state index in [2.05, 4.69) is 24.1 Å². The Morgan fingerprint density at radius 2 is 1.70 bits per heavy atom. The van der Waals surface area contributed by atoms with Crippen LogP contribution in [0.4, 0.5) is 0 Å². The van der Waals surface area contributed by atoms with Gasteiger partial charge in [-0.2, -0.15) is 0 Å². The fourth-order valence-electron chi connectivity index (χ4n) is 0.954. The third kappa shape index (κ3) is 2.84. The Kier molecular flexibility index (Phi) is 4.99. The first-order chi connectivity index (χ1) is 4.30. The summed E-state index contributed by atoms with van der Waals surface area (Å²) >= 11 is 0. The Hall–Kier alpha value is 0.170. The fourth-order valence-corrected chi connectivity index (χ4v) is 0.954. The number of halogens is 1. The largest absolute Gasteiger partial charge is 0.379 e. The van der Waals surface area contributed by atoms with Gasteiger partial charge in [-0.3, -0.25) is 0 Å². The highest BCUT2D eigenvalue weighted by atomic mass is 35.5. The van der Waals surface area contributed by atoms with E-state index in [1.54, 1.807) is 0 Å². The highest BCUT2D eigenvalue weighted by molar-refractivity contribution is 5.85. The van der Waals surface area contributed by atoms with E-state index >= 15 is 0 Å². The van der Waals surface area contributed by atoms with E-state index in [0.29, 0.717) is 0 Å². The molecule has 1 aliphatic heterocycles. The molecule has 10 heavy (non-hydrogen) atoms. The third-order valence-corrected chi connectivity index (χ3v) is 1.55. The predicted molar refractivity (Wildman–Crippen MR) is 43.3 cm³/mol. The molecule has 0 saturated carbocycles. The molecule has 4 heteroatoms. The molecular formula is C6H15ClN2O. The number of hydrogen-bond acceptors (Lipinski definition) is 3. The standard InChI is InChI=1S/C6H14N2O.ClH/c1-7(2)8-3-5-9-6-4-8;/h3-6H2,1-2H3;1H. The monoisotopic (exact) mass is 166 g/mol. The summed E-state index contributed by atoms with van der Waals surface area (Å²) in [4.78, 5) is 0. The van der Waals surface area contributed by atoms with Crippen LogP contribution in [-0.2, 0) is 4.74 Å². The summed E-state index contributed by atoms with van der Waals surface area (Å²) in [6.07, 6.45) is 0. The zero-order valence-corrected chi connectivity index (χ0v) is 7.36. The maximum absolute atomic E-state index is 5.18. The lowest BCUT2D eigenvalue weighted by atomic mass is 10.5. The van der Waals surface area contributed by atoms with Crippen molar-refractivity contribution < 1.29 is 4.74 Å². The SMILES string of the molecule is CN(C)N1CCOCC1.Cl. The van der Waals surface area contributed by atoms with Gasteiger partial charge >= 0.3 is 0 Å². The van der Waals surface area contributed by atoms with Gasteiger partial charge in [0.25, 0.3) is 0 Å². The average Bonchev–Trinajstić information content (AvgIpc) is 1.90. The molecule has 0 atom stereocenters. The molecule has 1 aliphatic rings. The van der Waals surface area contributed by atoms with Gasteiger partial charge in [-0.1, -0.05) is 0 Å². The molecule has 1 saturated heterocycles. The van der Waals surface area contributed by atoms with Crippen LogP contribution in [0.25, 0.3) is 0 Å². The van der Waals surface area contributed by atoms with Gasteiger partial charge in [-0.15, -0.1) is 12.4 Å². The van der Waals surface area contributed by atoms with Crippen molar-refractivity contribution >= 4 is 12.4 Å². The predicted octanol–water partition coefficient (Wildman–Crippen LogP) is 0.217. The van der Waals surface area contributed by atoms with Crippen LogP contribution in [0, 0.1) is 0 Å². The number of hydrogen-bond donors (Lipinski definition) is 0. The summed E-state index contributed by atoms with van der Waals surface area (Å²) in [5, 5.41) is 4.38. The molecule has 1 heterocycles. The first-order valence-electron chi connectivity index (χ1n) is 3.30. The molecule has 0 bridgehead atoms. The maximum Gasteiger partial charge on any atom is 0.0608 e. The Labute approximate surface area is 68.3 Å². The van der Waals surface area contributed by atoms with Gasteiger partial charge < -0.3 is 4.74 Å². The van der Waals surface area contributed by atoms with E-state index in [0.717, 1.165) is 26.3 Å². The second kappa shape index (κ2) is 4.91. The smallest absolute Gasteiger partial charge is 0.0608 e. The van der Waals surface area contributed by atoms with Crippen molar-refractivity contribution in [1.29, 1.82) is 0 Å². The number of ether oxygens (including phenoxy) is 1. The summed E-state index contributed by atoms with van der Waals surface area (Å²) in [7, 11) is 4.12. The Balaban J connectivity index is 0.000000810. The minimum atomic E-state index is 0. The van der Waals surface area contributed by atoms with Crippen molar-refractivity contribution in [3.63, 3.8) is 0 Å². The van der Waals surface area contributed by atoms with Crippen LogP contribution in [0.3, 0.4) is 0 Å². The van der Waals surface area contributed by atoms with E-state index in [1.807, 2.05) is 0 Å². The minimum absolute atomic E-state index is 0. The lowest BCUT2D eigenvalue weighted by Gasteiger charge is -2.31. The zero-order valence-electron chi connectivity index (χ0n) is 6.54. The number of hydrazine groups is 1. The molecule has 0 radical (unpaired) electrons. The fraction of sp³-hybridized carbons (Fsp3) is 1.00. The van der Waals surface area contributed by atoms with Crippen molar-refractivity contribution in [2.45, 2.75) is 0 Å². The zero-order chi connectivity index (χ0) is 6.69. The van der Waals surface area contributed by atoms with E-state index in [4.69, 9.17) is 4.74 Å². The maximum atomic E-state index is 5.18. The van der Waals surface area contributed by atoms with Gasteiger partial charge in [0.15, 0.2) is 0 Å². The normalized spacial score (nSPS) is 20.7. The van der Waals surface area contributed by atoms with E-state index in [9.17, 15) is 0 Å². The molecule has 0 aliphatic carbocycles. The Morgan fingerprint density at radius 3 is 2.00 bits per heavy atom. The van der Waals surface area contributed by atoms with Gasteiger partial charge in [-0.05, 0) is 0 Å². The average molecular weight is 167 g/mol. The van der Waals surface area contributed by atoms with Gasteiger partial charge in [-0.25, -0.2) is 10.0 Å². The van der Waals surface area contributed by atoms with Gasteiger partial charge in [0.1, 0.15) is 0 Å². The topological polar surface area (TPSA) is 15.7 Å². The molecule has 1 rings (SSSR count). The summed E-state index contributed by atoms with van der Waals surface area (Å²) < 4.78 is 5.18. The van der Waals surface area contributed by atoms with Crippen molar-refractivity contribution in [1.82, 2.24) is 10.0 Å². The molecule has 0 aromatic heterocycles. The first kappa shape index (κ1) is 10.2. The summed E-state index contributed by atoms with van der Waals surface area (Å²) in [6.45, 7) is 3.82. The van der Waals surface area contributed by atoms with Crippen molar-refractivity contribution in [3.8, 4) is 0 Å². The molecule has 3 nitrogen and oxygen atoms in total. The van der Waals surface area contributed by atoms with Gasteiger partial charge in [0.05, 0.1) is 13.2 Å². The van der Waals surface area contributed by atoms with Crippen LogP contribution in [0.1, 0.15) is 0 Å². The molecule has 0 aromatic carbocycles. The van der Waals surface area contributed by atoms with Gasteiger partial charge in [0, 0.05) is 27.2 Å². The Bertz CT molecular complexity index is 83.8. The van der Waals surface area contributed by atoms with Crippen LogP contribution in [-0.4, -0.2) is 50.4 Å². The third-order valence-electron chi connectivity index (χ3n) is 1.55. The summed E-state index contributed by atoms with van der Waals surface area (Å²) in [5.41, 5.74) is 0. The number of nitrogens with zero attached hydrogens (tertiary/aromatic N) is 2. The van der Waals surface area contributed by atoms with Crippen molar-refractivity contribution in [3.05, 3.63) is 0 Å². The van der Waals surface area contributed by atoms with Crippen LogP contribution >= 0.6 is 12.4 Å². The molecule has 1 fully saturated rings. The lowest BCUT2D eigenvalue weighted by Crippen LogP contribution is -2.44. The number of morpholine rings is 1. The van der Waals surface area contributed by atoms with Crippen LogP contribution in [0.5, 0.6) is 0 Å². The highest BCUT2D eigenvalue weighted by Gasteiger charge is 2.10. The van der Waals surface area contributed by atoms with Crippen LogP contribution in [0.2, 0.25) is 0 Å². The molecule has 0 amide bonds. The van der Waals surface area contributed by atoms with E-state index in [-0.39, 0.29) is 12.4 Å². The van der Waals surface area contributed by atoms with Crippen LogP contribution in [0.15, 0.2) is 0 Å². The molecule has 0 spiro atoms. The highest BCUT2D eigenvalue weighted by Crippen LogP contribution is 1.96. The Morgan fingerprint density at radius 1 is 1.20 bits per heavy atom. The second-order valence-corrected chi connectivity index (χ2v) is 2.41. The van der Waals surface area contributed by atoms with Crippen LogP contribution < -0.4 is 0 Å². The van der Waals surface area contributed by atoms with Crippen molar-refractivity contribution in [2.75, 3.05) is 40.4 Å². The first-order valence-corrected chi connectivity index (χ1v) is 3.30. The molecule has 0 N–H and O–H groups in total. The van der Waals surface area contributed by atoms with Crippen molar-refractivity contribution in [2.24, 2.45) is 0 Å². The number of rotatable bonds is 1. The van der Waals surface area contributed by atoms with E-state index < -0.39 is 0 Å². The molecule has 0 unspecified atom stereocenters. The summed E-state index contributed by atoms with van der Waals surface area (Å²) in [6, 6.07) is 0.